The number of pyridine rings is 1. The van der Waals surface area contributed by atoms with Crippen molar-refractivity contribution in [1.29, 1.82) is 0 Å². The highest BCUT2D eigenvalue weighted by atomic mass is 19.3. The highest BCUT2D eigenvalue weighted by Crippen LogP contribution is 2.49. The molecule has 0 spiro atoms. The van der Waals surface area contributed by atoms with Gasteiger partial charge in [-0.15, -0.1) is 10.2 Å². The van der Waals surface area contributed by atoms with Crippen LogP contribution in [-0.2, 0) is 4.74 Å². The summed E-state index contributed by atoms with van der Waals surface area (Å²) in [5.74, 6) is -2.52. The molecule has 2 saturated heterocycles. The average Bonchev–Trinajstić information content (AvgIpc) is 2.92. The third-order valence-electron chi connectivity index (χ3n) is 6.24. The van der Waals surface area contributed by atoms with Crippen LogP contribution < -0.4 is 5.32 Å². The Kier molecular flexibility index (Phi) is 4.49. The van der Waals surface area contributed by atoms with Crippen molar-refractivity contribution in [3.63, 3.8) is 0 Å². The van der Waals surface area contributed by atoms with Crippen molar-refractivity contribution >= 4 is 16.8 Å². The van der Waals surface area contributed by atoms with Crippen LogP contribution in [0.2, 0.25) is 0 Å². The molecule has 2 fully saturated rings. The number of hydrogen-bond donors (Lipinski definition) is 2. The molecular weight excluding hydrogens is 404 g/mol. The molecule has 2 aliphatic heterocycles. The molecule has 0 aliphatic carbocycles. The van der Waals surface area contributed by atoms with Gasteiger partial charge in [-0.05, 0) is 48.6 Å². The molecule has 5 rings (SSSR count). The Balaban J connectivity index is 1.47. The van der Waals surface area contributed by atoms with E-state index >= 15 is 0 Å². The minimum absolute atomic E-state index is 0.0259. The van der Waals surface area contributed by atoms with E-state index in [1.807, 2.05) is 6.07 Å². The van der Waals surface area contributed by atoms with Gasteiger partial charge in [0, 0.05) is 37.4 Å². The number of ether oxygens (including phenoxy) is 1. The number of nitrogens with one attached hydrogen (secondary N) is 1. The molecule has 160 valence electrons. The number of phenolic OH excluding ortho intramolecular Hbond substituents is 1. The molecule has 31 heavy (non-hydrogen) atoms. The zero-order chi connectivity index (χ0) is 21.8. The Bertz CT molecular complexity index is 1180. The maximum absolute atomic E-state index is 14.5. The second-order valence-corrected chi connectivity index (χ2v) is 8.34. The van der Waals surface area contributed by atoms with E-state index in [1.54, 1.807) is 30.6 Å². The van der Waals surface area contributed by atoms with Crippen molar-refractivity contribution < 1.29 is 18.6 Å². The number of rotatable bonds is 3. The van der Waals surface area contributed by atoms with Gasteiger partial charge in [-0.2, -0.15) is 0 Å². The quantitative estimate of drug-likeness (QED) is 0.665. The van der Waals surface area contributed by atoms with Gasteiger partial charge in [0.1, 0.15) is 11.4 Å². The lowest BCUT2D eigenvalue weighted by atomic mass is 9.85. The fourth-order valence-electron chi connectivity index (χ4n) is 4.61. The second-order valence-electron chi connectivity index (χ2n) is 8.34. The van der Waals surface area contributed by atoms with Crippen LogP contribution in [0, 0.1) is 0 Å². The zero-order valence-corrected chi connectivity index (χ0v) is 17.0. The molecule has 2 N–H and O–H groups in total. The summed E-state index contributed by atoms with van der Waals surface area (Å²) in [4.78, 5) is 8.38. The van der Waals surface area contributed by atoms with E-state index in [4.69, 9.17) is 4.74 Å². The van der Waals surface area contributed by atoms with Gasteiger partial charge in [0.2, 0.25) is 0 Å². The molecule has 0 saturated carbocycles. The van der Waals surface area contributed by atoms with Gasteiger partial charge < -0.3 is 15.2 Å². The van der Waals surface area contributed by atoms with Crippen LogP contribution in [0.25, 0.3) is 28.2 Å². The topological polar surface area (TPSA) is 93.1 Å². The van der Waals surface area contributed by atoms with Crippen LogP contribution in [0.1, 0.15) is 25.5 Å². The van der Waals surface area contributed by atoms with Crippen molar-refractivity contribution in [1.82, 2.24) is 25.5 Å². The van der Waals surface area contributed by atoms with Crippen LogP contribution in [-0.4, -0.2) is 56.0 Å². The lowest BCUT2D eigenvalue weighted by Crippen LogP contribution is -2.56. The first-order valence-corrected chi connectivity index (χ1v) is 9.95. The van der Waals surface area contributed by atoms with Crippen LogP contribution in [0.3, 0.4) is 0 Å². The number of halogens is 2. The number of nitrogens with zero attached hydrogens (tertiary/aromatic N) is 4. The monoisotopic (exact) mass is 425 g/mol. The van der Waals surface area contributed by atoms with Crippen molar-refractivity contribution in [2.24, 2.45) is 0 Å². The predicted octanol–water partition coefficient (Wildman–Crippen LogP) is 3.35. The molecule has 0 radical (unpaired) electrons. The summed E-state index contributed by atoms with van der Waals surface area (Å²) in [6.45, 7) is 1.54. The van der Waals surface area contributed by atoms with Crippen LogP contribution >= 0.6 is 0 Å². The van der Waals surface area contributed by atoms with Gasteiger partial charge in [0.15, 0.2) is 5.82 Å². The summed E-state index contributed by atoms with van der Waals surface area (Å²) in [5.41, 5.74) is 0.312. The third kappa shape index (κ3) is 3.24. The molecule has 3 aromatic rings. The summed E-state index contributed by atoms with van der Waals surface area (Å²) in [7, 11) is 1.52. The van der Waals surface area contributed by atoms with E-state index in [0.29, 0.717) is 11.3 Å². The molecule has 2 aliphatic rings. The highest BCUT2D eigenvalue weighted by molar-refractivity contribution is 5.88. The zero-order valence-electron chi connectivity index (χ0n) is 17.0. The number of aromatic nitrogens is 4. The lowest BCUT2D eigenvalue weighted by Gasteiger charge is -2.38. The van der Waals surface area contributed by atoms with Gasteiger partial charge in [-0.25, -0.2) is 13.8 Å². The van der Waals surface area contributed by atoms with E-state index in [1.165, 1.54) is 20.2 Å². The van der Waals surface area contributed by atoms with Gasteiger partial charge >= 0.3 is 0 Å². The summed E-state index contributed by atoms with van der Waals surface area (Å²) in [6, 6.07) is 4.74. The molecule has 1 aromatic carbocycles. The largest absolute Gasteiger partial charge is 0.507 e. The average molecular weight is 425 g/mol. The summed E-state index contributed by atoms with van der Waals surface area (Å²) < 4.78 is 34.5. The van der Waals surface area contributed by atoms with E-state index < -0.39 is 23.6 Å². The van der Waals surface area contributed by atoms with E-state index in [9.17, 15) is 13.9 Å². The minimum atomic E-state index is -2.82. The molecule has 7 nitrogen and oxygen atoms in total. The molecular formula is C22H21F2N5O2. The Hall–Kier alpha value is -3.04. The Morgan fingerprint density at radius 1 is 1.23 bits per heavy atom. The molecule has 4 heterocycles. The van der Waals surface area contributed by atoms with Crippen molar-refractivity contribution in [3.05, 3.63) is 48.1 Å². The van der Waals surface area contributed by atoms with Crippen molar-refractivity contribution in [3.8, 4) is 17.1 Å². The summed E-state index contributed by atoms with van der Waals surface area (Å²) in [6.07, 6.45) is 5.97. The number of benzene rings is 1. The molecule has 3 atom stereocenters. The van der Waals surface area contributed by atoms with Crippen molar-refractivity contribution in [2.45, 2.75) is 43.4 Å². The number of phenols is 1. The van der Waals surface area contributed by atoms with Gasteiger partial charge in [0.25, 0.3) is 5.92 Å². The Morgan fingerprint density at radius 2 is 2.06 bits per heavy atom. The van der Waals surface area contributed by atoms with Crippen LogP contribution in [0.15, 0.2) is 42.4 Å². The molecule has 9 heteroatoms. The SMILES string of the molecule is CO[C@@H]1/C(=C\c2cnc(-c3cc4ccncc4cc3O)nn2)C[C@@]2(C)NC1CC2(F)F. The smallest absolute Gasteiger partial charge is 0.267 e. The van der Waals surface area contributed by atoms with Crippen LogP contribution in [0.4, 0.5) is 8.78 Å². The number of fused-ring (bicyclic) bond motifs is 3. The van der Waals surface area contributed by atoms with E-state index in [0.717, 1.165) is 16.3 Å². The standard InChI is InChI=1S/C22H21F2N5O2/c1-21-8-13(19(31-2)17(27-21)9-22(21,23)24)5-15-11-26-20(29-28-15)16-6-12-3-4-25-10-14(12)7-18(16)30/h3-7,10-11,17,19,27,30H,8-9H2,1-2H3/b13-5-/t17?,19-,21-/m1/s1. The normalized spacial score (nSPS) is 28.3. The van der Waals surface area contributed by atoms with Crippen molar-refractivity contribution in [2.75, 3.05) is 7.11 Å². The highest BCUT2D eigenvalue weighted by Gasteiger charge is 2.62. The molecule has 0 amide bonds. The minimum Gasteiger partial charge on any atom is -0.507 e. The van der Waals surface area contributed by atoms with Gasteiger partial charge in [-0.3, -0.25) is 4.98 Å². The first-order valence-electron chi connectivity index (χ1n) is 9.95. The lowest BCUT2D eigenvalue weighted by molar-refractivity contribution is -0.0523. The summed E-state index contributed by atoms with van der Waals surface area (Å²) in [5, 5.41) is 23.4. The molecule has 2 aromatic heterocycles. The second kappa shape index (κ2) is 7.00. The number of piperidine rings is 1. The number of aromatic hydroxyl groups is 1. The first-order chi connectivity index (χ1) is 14.8. The van der Waals surface area contributed by atoms with E-state index in [-0.39, 0.29) is 24.4 Å². The molecule has 1 unspecified atom stereocenters. The molecule has 2 bridgehead atoms. The maximum Gasteiger partial charge on any atom is 0.267 e. The van der Waals surface area contributed by atoms with Gasteiger partial charge in [0.05, 0.1) is 23.4 Å². The number of methoxy groups -OCH3 is 1. The fourth-order valence-corrected chi connectivity index (χ4v) is 4.61. The third-order valence-corrected chi connectivity index (χ3v) is 6.24. The maximum atomic E-state index is 14.5. The number of hydrogen-bond acceptors (Lipinski definition) is 7. The van der Waals surface area contributed by atoms with Gasteiger partial charge in [-0.1, -0.05) is 0 Å². The first kappa shape index (κ1) is 19.9. The number of alkyl halides is 2. The predicted molar refractivity (Wildman–Crippen MR) is 111 cm³/mol. The Labute approximate surface area is 177 Å². The summed E-state index contributed by atoms with van der Waals surface area (Å²) >= 11 is 0. The Morgan fingerprint density at radius 3 is 2.81 bits per heavy atom. The van der Waals surface area contributed by atoms with E-state index in [2.05, 4.69) is 25.5 Å². The van der Waals surface area contributed by atoms with Crippen LogP contribution in [0.5, 0.6) is 5.75 Å². The fraction of sp³-hybridized carbons (Fsp3) is 0.364.